The van der Waals surface area contributed by atoms with E-state index in [2.05, 4.69) is 37.4 Å². The lowest BCUT2D eigenvalue weighted by molar-refractivity contribution is 0.105. The van der Waals surface area contributed by atoms with E-state index in [9.17, 15) is 0 Å². The molecule has 17 heavy (non-hydrogen) atoms. The second-order valence-electron chi connectivity index (χ2n) is 5.33. The number of likely N-dealkylation sites (N-methyl/N-ethyl adjacent to an activating group) is 2. The zero-order valence-electron chi connectivity index (χ0n) is 11.2. The van der Waals surface area contributed by atoms with E-state index in [0.29, 0.717) is 11.6 Å². The summed E-state index contributed by atoms with van der Waals surface area (Å²) in [5, 5.41) is 3.50. The maximum absolute atomic E-state index is 5.49. The van der Waals surface area contributed by atoms with Gasteiger partial charge < -0.3 is 14.6 Å². The van der Waals surface area contributed by atoms with Gasteiger partial charge in [-0.1, -0.05) is 12.8 Å². The Morgan fingerprint density at radius 3 is 2.59 bits per heavy atom. The van der Waals surface area contributed by atoms with Gasteiger partial charge in [-0.25, -0.2) is 0 Å². The van der Waals surface area contributed by atoms with Crippen molar-refractivity contribution < 1.29 is 4.42 Å². The number of hydrogen-bond acceptors (Lipinski definition) is 3. The Balaban J connectivity index is 2.15. The van der Waals surface area contributed by atoms with E-state index in [4.69, 9.17) is 4.42 Å². The van der Waals surface area contributed by atoms with Gasteiger partial charge in [0.15, 0.2) is 0 Å². The molecule has 0 spiro atoms. The third-order valence-corrected chi connectivity index (χ3v) is 4.34. The molecule has 1 N–H and O–H groups in total. The highest BCUT2D eigenvalue weighted by Crippen LogP contribution is 2.37. The first kappa shape index (κ1) is 12.7. The molecule has 1 saturated carbocycles. The average Bonchev–Trinajstić information content (AvgIpc) is 2.97. The van der Waals surface area contributed by atoms with E-state index in [1.54, 1.807) is 6.26 Å². The topological polar surface area (TPSA) is 28.4 Å². The quantitative estimate of drug-likeness (QED) is 0.850. The van der Waals surface area contributed by atoms with Crippen LogP contribution < -0.4 is 5.32 Å². The van der Waals surface area contributed by atoms with Crippen molar-refractivity contribution in [1.82, 2.24) is 10.2 Å². The molecule has 1 unspecified atom stereocenters. The minimum absolute atomic E-state index is 0.293. The lowest BCUT2D eigenvalue weighted by Crippen LogP contribution is -2.57. The standard InChI is InChI=1S/C14H24N2O/c1-15-13(11-12-7-6-10-17-12)14(16(2)3)8-4-5-9-14/h6-7,10,13,15H,4-5,8-9,11H2,1-3H3. The maximum atomic E-state index is 5.49. The summed E-state index contributed by atoms with van der Waals surface area (Å²) in [6.45, 7) is 0. The van der Waals surface area contributed by atoms with Crippen LogP contribution in [0.5, 0.6) is 0 Å². The molecule has 1 atom stereocenters. The summed E-state index contributed by atoms with van der Waals surface area (Å²) in [5.74, 6) is 1.08. The van der Waals surface area contributed by atoms with Gasteiger partial charge in [-0.05, 0) is 46.1 Å². The molecule has 2 rings (SSSR count). The van der Waals surface area contributed by atoms with Crippen LogP contribution >= 0.6 is 0 Å². The molecule has 1 aromatic rings. The van der Waals surface area contributed by atoms with Crippen LogP contribution in [0.4, 0.5) is 0 Å². The predicted octanol–water partition coefficient (Wildman–Crippen LogP) is 2.28. The van der Waals surface area contributed by atoms with E-state index in [-0.39, 0.29) is 0 Å². The number of rotatable bonds is 5. The Bertz CT molecular complexity index is 326. The molecular formula is C14H24N2O. The van der Waals surface area contributed by atoms with Crippen molar-refractivity contribution in [3.63, 3.8) is 0 Å². The average molecular weight is 236 g/mol. The minimum Gasteiger partial charge on any atom is -0.469 e. The summed E-state index contributed by atoms with van der Waals surface area (Å²) in [6.07, 6.45) is 7.99. The van der Waals surface area contributed by atoms with Gasteiger partial charge in [0, 0.05) is 18.0 Å². The fourth-order valence-corrected chi connectivity index (χ4v) is 3.29. The molecule has 1 fully saturated rings. The molecule has 0 amide bonds. The molecule has 0 saturated heterocycles. The Labute approximate surface area is 104 Å². The van der Waals surface area contributed by atoms with Crippen LogP contribution in [0.15, 0.2) is 22.8 Å². The highest BCUT2D eigenvalue weighted by atomic mass is 16.3. The Morgan fingerprint density at radius 2 is 2.12 bits per heavy atom. The lowest BCUT2D eigenvalue weighted by atomic mass is 9.84. The van der Waals surface area contributed by atoms with Crippen molar-refractivity contribution in [1.29, 1.82) is 0 Å². The Morgan fingerprint density at radius 1 is 1.41 bits per heavy atom. The van der Waals surface area contributed by atoms with Gasteiger partial charge >= 0.3 is 0 Å². The van der Waals surface area contributed by atoms with Gasteiger partial charge in [0.05, 0.1) is 6.26 Å². The van der Waals surface area contributed by atoms with Crippen molar-refractivity contribution in [2.75, 3.05) is 21.1 Å². The van der Waals surface area contributed by atoms with E-state index < -0.39 is 0 Å². The van der Waals surface area contributed by atoms with E-state index >= 15 is 0 Å². The summed E-state index contributed by atoms with van der Waals surface area (Å²) in [5.41, 5.74) is 0.293. The minimum atomic E-state index is 0.293. The Kier molecular flexibility index (Phi) is 3.89. The first-order valence-electron chi connectivity index (χ1n) is 6.56. The summed E-state index contributed by atoms with van der Waals surface area (Å²) in [6, 6.07) is 4.51. The fourth-order valence-electron chi connectivity index (χ4n) is 3.29. The number of nitrogens with one attached hydrogen (secondary N) is 1. The largest absolute Gasteiger partial charge is 0.469 e. The summed E-state index contributed by atoms with van der Waals surface area (Å²) < 4.78 is 5.49. The zero-order valence-corrected chi connectivity index (χ0v) is 11.2. The summed E-state index contributed by atoms with van der Waals surface area (Å²) in [4.78, 5) is 2.41. The van der Waals surface area contributed by atoms with Crippen molar-refractivity contribution in [3.8, 4) is 0 Å². The van der Waals surface area contributed by atoms with E-state index in [1.165, 1.54) is 25.7 Å². The smallest absolute Gasteiger partial charge is 0.105 e. The van der Waals surface area contributed by atoms with Crippen LogP contribution in [0.3, 0.4) is 0 Å². The Hall–Kier alpha value is -0.800. The van der Waals surface area contributed by atoms with Gasteiger partial charge in [-0.15, -0.1) is 0 Å². The molecule has 3 nitrogen and oxygen atoms in total. The lowest BCUT2D eigenvalue weighted by Gasteiger charge is -2.43. The molecule has 0 bridgehead atoms. The predicted molar refractivity (Wildman–Crippen MR) is 70.1 cm³/mol. The van der Waals surface area contributed by atoms with Crippen LogP contribution in [-0.2, 0) is 6.42 Å². The van der Waals surface area contributed by atoms with Gasteiger partial charge in [-0.3, -0.25) is 0 Å². The first-order chi connectivity index (χ1) is 8.19. The molecule has 1 aromatic heterocycles. The number of nitrogens with zero attached hydrogens (tertiary/aromatic N) is 1. The van der Waals surface area contributed by atoms with Crippen LogP contribution in [0.2, 0.25) is 0 Å². The summed E-state index contributed by atoms with van der Waals surface area (Å²) in [7, 11) is 6.48. The van der Waals surface area contributed by atoms with E-state index in [1.807, 2.05) is 6.07 Å². The molecule has 3 heteroatoms. The molecule has 0 aliphatic heterocycles. The third kappa shape index (κ3) is 2.40. The number of hydrogen-bond donors (Lipinski definition) is 1. The molecule has 1 heterocycles. The number of furan rings is 1. The van der Waals surface area contributed by atoms with Gasteiger partial charge in [0.1, 0.15) is 5.76 Å². The molecule has 96 valence electrons. The summed E-state index contributed by atoms with van der Waals surface area (Å²) >= 11 is 0. The SMILES string of the molecule is CNC(Cc1ccco1)C1(N(C)C)CCCC1. The van der Waals surface area contributed by atoms with Crippen molar-refractivity contribution >= 4 is 0 Å². The monoisotopic (exact) mass is 236 g/mol. The highest BCUT2D eigenvalue weighted by molar-refractivity contribution is 5.08. The van der Waals surface area contributed by atoms with Crippen molar-refractivity contribution in [3.05, 3.63) is 24.2 Å². The maximum Gasteiger partial charge on any atom is 0.105 e. The molecule has 0 radical (unpaired) electrons. The third-order valence-electron chi connectivity index (χ3n) is 4.34. The molecular weight excluding hydrogens is 212 g/mol. The van der Waals surface area contributed by atoms with Crippen LogP contribution in [0.25, 0.3) is 0 Å². The molecule has 1 aliphatic rings. The highest BCUT2D eigenvalue weighted by Gasteiger charge is 2.42. The van der Waals surface area contributed by atoms with E-state index in [0.717, 1.165) is 12.2 Å². The zero-order chi connectivity index (χ0) is 12.3. The molecule has 1 aliphatic carbocycles. The molecule has 0 aromatic carbocycles. The van der Waals surface area contributed by atoms with Crippen molar-refractivity contribution in [2.24, 2.45) is 0 Å². The van der Waals surface area contributed by atoms with Crippen LogP contribution in [0.1, 0.15) is 31.4 Å². The second kappa shape index (κ2) is 5.23. The van der Waals surface area contributed by atoms with Gasteiger partial charge in [0.25, 0.3) is 0 Å². The van der Waals surface area contributed by atoms with Gasteiger partial charge in [-0.2, -0.15) is 0 Å². The fraction of sp³-hybridized carbons (Fsp3) is 0.714. The first-order valence-corrected chi connectivity index (χ1v) is 6.56. The second-order valence-corrected chi connectivity index (χ2v) is 5.33. The van der Waals surface area contributed by atoms with Crippen LogP contribution in [0, 0.1) is 0 Å². The van der Waals surface area contributed by atoms with Gasteiger partial charge in [0.2, 0.25) is 0 Å². The normalized spacial score (nSPS) is 20.9. The van der Waals surface area contributed by atoms with Crippen LogP contribution in [-0.4, -0.2) is 37.6 Å². The van der Waals surface area contributed by atoms with Crippen molar-refractivity contribution in [2.45, 2.75) is 43.7 Å².